The van der Waals surface area contributed by atoms with E-state index in [4.69, 9.17) is 18.9 Å². The first-order valence-corrected chi connectivity index (χ1v) is 16.2. The van der Waals surface area contributed by atoms with Crippen molar-refractivity contribution in [3.05, 3.63) is 84.9 Å². The molecule has 0 amide bonds. The standard InChI is InChI=1S/C36H43O5P/c1-25(23-36(2,3)4)24-42(37,32-21-11-9-15-26(32)34-28(38-5)17-13-18-29(34)39-6)33-22-12-10-16-27(33)35-30(40-7)19-14-20-31(35)41-8/h9-22,25H,23-24H2,1-8H3. The van der Waals surface area contributed by atoms with E-state index in [1.165, 1.54) is 0 Å². The van der Waals surface area contributed by atoms with E-state index < -0.39 is 7.14 Å². The van der Waals surface area contributed by atoms with Gasteiger partial charge in [0.25, 0.3) is 0 Å². The fraction of sp³-hybridized carbons (Fsp3) is 0.333. The van der Waals surface area contributed by atoms with Crippen molar-refractivity contribution in [1.29, 1.82) is 0 Å². The molecule has 0 spiro atoms. The van der Waals surface area contributed by atoms with Gasteiger partial charge in [-0.25, -0.2) is 0 Å². The van der Waals surface area contributed by atoms with Crippen LogP contribution in [-0.4, -0.2) is 34.6 Å². The smallest absolute Gasteiger partial charge is 0.144 e. The quantitative estimate of drug-likeness (QED) is 0.165. The van der Waals surface area contributed by atoms with Gasteiger partial charge >= 0.3 is 0 Å². The predicted octanol–water partition coefficient (Wildman–Crippen LogP) is 8.44. The van der Waals surface area contributed by atoms with Crippen molar-refractivity contribution in [2.75, 3.05) is 34.6 Å². The van der Waals surface area contributed by atoms with Crippen LogP contribution in [0.4, 0.5) is 0 Å². The molecule has 4 aromatic rings. The van der Waals surface area contributed by atoms with Gasteiger partial charge in [-0.2, -0.15) is 0 Å². The minimum atomic E-state index is -3.32. The molecule has 4 rings (SSSR count). The van der Waals surface area contributed by atoms with Crippen LogP contribution in [0.5, 0.6) is 23.0 Å². The molecule has 1 unspecified atom stereocenters. The number of hydrogen-bond acceptors (Lipinski definition) is 5. The highest BCUT2D eigenvalue weighted by molar-refractivity contribution is 7.79. The van der Waals surface area contributed by atoms with E-state index in [1.807, 2.05) is 84.9 Å². The Morgan fingerprint density at radius 3 is 1.29 bits per heavy atom. The summed E-state index contributed by atoms with van der Waals surface area (Å²) in [5.41, 5.74) is 3.32. The molecule has 0 saturated heterocycles. The fourth-order valence-corrected chi connectivity index (χ4v) is 9.57. The first-order valence-electron chi connectivity index (χ1n) is 14.3. The molecule has 6 heteroatoms. The molecule has 0 aromatic heterocycles. The van der Waals surface area contributed by atoms with Crippen LogP contribution in [0.3, 0.4) is 0 Å². The molecular formula is C36H43O5P. The van der Waals surface area contributed by atoms with E-state index in [-0.39, 0.29) is 11.3 Å². The van der Waals surface area contributed by atoms with Gasteiger partial charge in [0.05, 0.1) is 39.6 Å². The van der Waals surface area contributed by atoms with Gasteiger partial charge in [0.1, 0.15) is 30.1 Å². The lowest BCUT2D eigenvalue weighted by atomic mass is 9.86. The Balaban J connectivity index is 2.08. The van der Waals surface area contributed by atoms with Gasteiger partial charge in [-0.3, -0.25) is 0 Å². The minimum absolute atomic E-state index is 0.0843. The van der Waals surface area contributed by atoms with Crippen LogP contribution in [0.25, 0.3) is 22.3 Å². The SMILES string of the molecule is COc1cccc(OC)c1-c1ccccc1P(=O)(CC(C)CC(C)(C)C)c1ccccc1-c1c(OC)cccc1OC. The minimum Gasteiger partial charge on any atom is -0.496 e. The third-order valence-corrected chi connectivity index (χ3v) is 11.0. The van der Waals surface area contributed by atoms with Crippen molar-refractivity contribution in [2.24, 2.45) is 11.3 Å². The van der Waals surface area contributed by atoms with Crippen LogP contribution in [0.1, 0.15) is 34.1 Å². The summed E-state index contributed by atoms with van der Waals surface area (Å²) in [7, 11) is 3.28. The molecule has 42 heavy (non-hydrogen) atoms. The maximum Gasteiger partial charge on any atom is 0.144 e. The molecule has 0 aliphatic carbocycles. The second kappa shape index (κ2) is 13.1. The van der Waals surface area contributed by atoms with Crippen LogP contribution in [0, 0.1) is 11.3 Å². The van der Waals surface area contributed by atoms with Gasteiger partial charge in [-0.15, -0.1) is 0 Å². The van der Waals surface area contributed by atoms with Gasteiger partial charge in [0.2, 0.25) is 0 Å². The third-order valence-electron chi connectivity index (χ3n) is 7.51. The summed E-state index contributed by atoms with van der Waals surface area (Å²) < 4.78 is 39.4. The van der Waals surface area contributed by atoms with Gasteiger partial charge in [0, 0.05) is 27.9 Å². The molecule has 0 heterocycles. The first-order chi connectivity index (χ1) is 20.1. The number of benzene rings is 4. The van der Waals surface area contributed by atoms with Crippen LogP contribution >= 0.6 is 7.14 Å². The van der Waals surface area contributed by atoms with Crippen molar-refractivity contribution >= 4 is 17.8 Å². The zero-order valence-corrected chi connectivity index (χ0v) is 27.0. The Morgan fingerprint density at radius 1 is 0.595 bits per heavy atom. The zero-order valence-electron chi connectivity index (χ0n) is 26.1. The summed E-state index contributed by atoms with van der Waals surface area (Å²) in [4.78, 5) is 0. The van der Waals surface area contributed by atoms with Crippen LogP contribution < -0.4 is 29.6 Å². The molecule has 0 saturated carbocycles. The van der Waals surface area contributed by atoms with Crippen molar-refractivity contribution in [1.82, 2.24) is 0 Å². The molecule has 5 nitrogen and oxygen atoms in total. The number of ether oxygens (including phenoxy) is 4. The first kappa shape index (κ1) is 31.3. The largest absolute Gasteiger partial charge is 0.496 e. The fourth-order valence-electron chi connectivity index (χ4n) is 6.11. The monoisotopic (exact) mass is 586 g/mol. The maximum absolute atomic E-state index is 16.1. The van der Waals surface area contributed by atoms with Crippen molar-refractivity contribution in [3.8, 4) is 45.3 Å². The number of rotatable bonds is 11. The molecule has 0 fully saturated rings. The van der Waals surface area contributed by atoms with E-state index in [9.17, 15) is 0 Å². The normalized spacial score (nSPS) is 12.5. The van der Waals surface area contributed by atoms with Crippen molar-refractivity contribution in [2.45, 2.75) is 34.1 Å². The molecule has 222 valence electrons. The van der Waals surface area contributed by atoms with E-state index in [2.05, 4.69) is 27.7 Å². The van der Waals surface area contributed by atoms with E-state index >= 15 is 4.57 Å². The third kappa shape index (κ3) is 6.37. The Bertz CT molecular complexity index is 1420. The maximum atomic E-state index is 16.1. The van der Waals surface area contributed by atoms with Gasteiger partial charge in [-0.05, 0) is 42.0 Å². The molecule has 0 aliphatic heterocycles. The zero-order chi connectivity index (χ0) is 30.5. The summed E-state index contributed by atoms with van der Waals surface area (Å²) in [5, 5.41) is 1.55. The summed E-state index contributed by atoms with van der Waals surface area (Å²) in [6.45, 7) is 8.90. The summed E-state index contributed by atoms with van der Waals surface area (Å²) in [6.07, 6.45) is 1.42. The second-order valence-electron chi connectivity index (χ2n) is 11.9. The summed E-state index contributed by atoms with van der Waals surface area (Å²) >= 11 is 0. The molecule has 4 aromatic carbocycles. The molecule has 0 N–H and O–H groups in total. The highest BCUT2D eigenvalue weighted by Crippen LogP contribution is 2.54. The van der Waals surface area contributed by atoms with E-state index in [0.29, 0.717) is 29.2 Å². The Kier molecular flexibility index (Phi) is 9.74. The molecule has 0 bridgehead atoms. The summed E-state index contributed by atoms with van der Waals surface area (Å²) in [5.74, 6) is 2.83. The van der Waals surface area contributed by atoms with Crippen molar-refractivity contribution < 1.29 is 23.5 Å². The van der Waals surface area contributed by atoms with Crippen LogP contribution in [-0.2, 0) is 4.57 Å². The molecule has 0 radical (unpaired) electrons. The molecule has 1 atom stereocenters. The molecular weight excluding hydrogens is 543 g/mol. The topological polar surface area (TPSA) is 54.0 Å². The van der Waals surface area contributed by atoms with Gasteiger partial charge in [0.15, 0.2) is 0 Å². The Morgan fingerprint density at radius 2 is 0.952 bits per heavy atom. The average Bonchev–Trinajstić information content (AvgIpc) is 2.99. The lowest BCUT2D eigenvalue weighted by molar-refractivity contribution is 0.321. The van der Waals surface area contributed by atoms with Gasteiger partial charge < -0.3 is 23.5 Å². The Labute approximate surface area is 251 Å². The Hall–Kier alpha value is -3.69. The molecule has 0 aliphatic rings. The van der Waals surface area contributed by atoms with Crippen molar-refractivity contribution in [3.63, 3.8) is 0 Å². The van der Waals surface area contributed by atoms with Gasteiger partial charge in [-0.1, -0.05) is 88.4 Å². The highest BCUT2D eigenvalue weighted by Gasteiger charge is 2.36. The highest BCUT2D eigenvalue weighted by atomic mass is 31.2. The number of hydrogen-bond donors (Lipinski definition) is 0. The summed E-state index contributed by atoms with van der Waals surface area (Å²) in [6, 6.07) is 27.4. The second-order valence-corrected chi connectivity index (χ2v) is 14.7. The number of methoxy groups -OCH3 is 4. The lowest BCUT2D eigenvalue weighted by Gasteiger charge is -2.30. The lowest BCUT2D eigenvalue weighted by Crippen LogP contribution is -2.26. The predicted molar refractivity (Wildman–Crippen MR) is 175 cm³/mol. The van der Waals surface area contributed by atoms with Crippen LogP contribution in [0.2, 0.25) is 0 Å². The van der Waals surface area contributed by atoms with E-state index in [1.54, 1.807) is 28.4 Å². The average molecular weight is 587 g/mol. The van der Waals surface area contributed by atoms with E-state index in [0.717, 1.165) is 39.3 Å². The van der Waals surface area contributed by atoms with Crippen LogP contribution in [0.15, 0.2) is 84.9 Å².